The number of hydrogen-bond acceptors (Lipinski definition) is 2. The second-order valence-electron chi connectivity index (χ2n) is 7.29. The molecule has 2 rings (SSSR count). The zero-order valence-electron chi connectivity index (χ0n) is 15.7. The number of urea groups is 1. The molecule has 0 saturated carbocycles. The smallest absolute Gasteiger partial charge is 0.319 e. The monoisotopic (exact) mass is 339 g/mol. The summed E-state index contributed by atoms with van der Waals surface area (Å²) in [5.74, 6) is 0. The summed E-state index contributed by atoms with van der Waals surface area (Å²) in [6.45, 7) is 7.96. The van der Waals surface area contributed by atoms with Crippen LogP contribution in [0, 0.1) is 0 Å². The van der Waals surface area contributed by atoms with Crippen LogP contribution in [0.1, 0.15) is 32.8 Å². The molecule has 0 unspecified atom stereocenters. The molecule has 0 atom stereocenters. The van der Waals surface area contributed by atoms with Crippen molar-refractivity contribution in [2.45, 2.75) is 32.6 Å². The first-order chi connectivity index (χ1) is 11.9. The molecule has 2 amide bonds. The molecule has 2 N–H and O–H groups in total. The molecule has 0 bridgehead atoms. The Labute approximate surface area is 151 Å². The van der Waals surface area contributed by atoms with E-state index in [2.05, 4.69) is 61.6 Å². The molecule has 2 aromatic carbocycles. The summed E-state index contributed by atoms with van der Waals surface area (Å²) >= 11 is 0. The van der Waals surface area contributed by atoms with Crippen LogP contribution >= 0.6 is 0 Å². The predicted molar refractivity (Wildman–Crippen MR) is 106 cm³/mol. The maximum Gasteiger partial charge on any atom is 0.319 e. The number of para-hydroxylation sites is 2. The van der Waals surface area contributed by atoms with E-state index < -0.39 is 0 Å². The van der Waals surface area contributed by atoms with Crippen molar-refractivity contribution < 1.29 is 4.79 Å². The van der Waals surface area contributed by atoms with Crippen molar-refractivity contribution in [2.24, 2.45) is 0 Å². The lowest BCUT2D eigenvalue weighted by Crippen LogP contribution is -2.32. The number of nitrogens with one attached hydrogen (secondary N) is 2. The van der Waals surface area contributed by atoms with Crippen molar-refractivity contribution in [1.29, 1.82) is 0 Å². The topological polar surface area (TPSA) is 44.4 Å². The van der Waals surface area contributed by atoms with Crippen LogP contribution in [0.15, 0.2) is 54.6 Å². The second kappa shape index (κ2) is 8.56. The number of carbonyl (C=O) groups is 1. The minimum Gasteiger partial charge on any atom is -0.375 e. The standard InChI is InChI=1S/C21H29N3O/c1-21(2,3)18-13-8-9-14-19(18)23-20(25)22-15-10-16-24(4)17-11-6-5-7-12-17/h5-9,11-14H,10,15-16H2,1-4H3,(H2,22,23,25). The number of amides is 2. The van der Waals surface area contributed by atoms with E-state index in [1.165, 1.54) is 5.69 Å². The average molecular weight is 339 g/mol. The van der Waals surface area contributed by atoms with E-state index in [4.69, 9.17) is 0 Å². The van der Waals surface area contributed by atoms with Crippen LogP contribution < -0.4 is 15.5 Å². The van der Waals surface area contributed by atoms with Gasteiger partial charge in [0.05, 0.1) is 0 Å². The van der Waals surface area contributed by atoms with E-state index in [9.17, 15) is 4.79 Å². The number of anilines is 2. The van der Waals surface area contributed by atoms with Gasteiger partial charge in [0.25, 0.3) is 0 Å². The molecule has 134 valence electrons. The summed E-state index contributed by atoms with van der Waals surface area (Å²) < 4.78 is 0. The molecule has 4 nitrogen and oxygen atoms in total. The quantitative estimate of drug-likeness (QED) is 0.754. The predicted octanol–water partition coefficient (Wildman–Crippen LogP) is 4.63. The second-order valence-corrected chi connectivity index (χ2v) is 7.29. The van der Waals surface area contributed by atoms with Gasteiger partial charge in [-0.05, 0) is 35.6 Å². The first-order valence-corrected chi connectivity index (χ1v) is 8.78. The fourth-order valence-electron chi connectivity index (χ4n) is 2.74. The molecule has 0 radical (unpaired) electrons. The Morgan fingerprint density at radius 2 is 1.64 bits per heavy atom. The maximum atomic E-state index is 12.2. The zero-order valence-corrected chi connectivity index (χ0v) is 15.7. The number of rotatable bonds is 6. The molecule has 0 fully saturated rings. The molecule has 25 heavy (non-hydrogen) atoms. The third-order valence-electron chi connectivity index (χ3n) is 4.14. The molecule has 0 saturated heterocycles. The van der Waals surface area contributed by atoms with E-state index in [1.807, 2.05) is 36.4 Å². The largest absolute Gasteiger partial charge is 0.375 e. The summed E-state index contributed by atoms with van der Waals surface area (Å²) in [7, 11) is 2.06. The highest BCUT2D eigenvalue weighted by Gasteiger charge is 2.18. The van der Waals surface area contributed by atoms with Gasteiger partial charge >= 0.3 is 6.03 Å². The van der Waals surface area contributed by atoms with Crippen LogP contribution in [-0.2, 0) is 5.41 Å². The van der Waals surface area contributed by atoms with Gasteiger partial charge in [-0.2, -0.15) is 0 Å². The summed E-state index contributed by atoms with van der Waals surface area (Å²) in [5.41, 5.74) is 3.18. The molecule has 0 aliphatic rings. The Bertz CT molecular complexity index is 677. The molecule has 4 heteroatoms. The number of nitrogens with zero attached hydrogens (tertiary/aromatic N) is 1. The van der Waals surface area contributed by atoms with Gasteiger partial charge in [-0.25, -0.2) is 4.79 Å². The summed E-state index contributed by atoms with van der Waals surface area (Å²) in [5, 5.41) is 5.91. The minimum absolute atomic E-state index is 0.0116. The van der Waals surface area contributed by atoms with Crippen molar-refractivity contribution in [3.63, 3.8) is 0 Å². The molecule has 2 aromatic rings. The molecule has 0 aromatic heterocycles. The maximum absolute atomic E-state index is 12.2. The van der Waals surface area contributed by atoms with Crippen molar-refractivity contribution in [2.75, 3.05) is 30.4 Å². The van der Waals surface area contributed by atoms with E-state index in [0.29, 0.717) is 6.54 Å². The van der Waals surface area contributed by atoms with Crippen LogP contribution in [0.3, 0.4) is 0 Å². The highest BCUT2D eigenvalue weighted by molar-refractivity contribution is 5.90. The van der Waals surface area contributed by atoms with E-state index in [0.717, 1.165) is 24.2 Å². The SMILES string of the molecule is CN(CCCNC(=O)Nc1ccccc1C(C)(C)C)c1ccccc1. The third kappa shape index (κ3) is 5.82. The van der Waals surface area contributed by atoms with Gasteiger partial charge in [0.1, 0.15) is 0 Å². The van der Waals surface area contributed by atoms with Crippen molar-refractivity contribution in [3.05, 3.63) is 60.2 Å². The summed E-state index contributed by atoms with van der Waals surface area (Å²) in [6.07, 6.45) is 0.889. The summed E-state index contributed by atoms with van der Waals surface area (Å²) in [6, 6.07) is 18.1. The van der Waals surface area contributed by atoms with Gasteiger partial charge in [-0.15, -0.1) is 0 Å². The first kappa shape index (κ1) is 18.8. The molecular weight excluding hydrogens is 310 g/mol. The van der Waals surface area contributed by atoms with Crippen molar-refractivity contribution >= 4 is 17.4 Å². The molecule has 0 aliphatic carbocycles. The van der Waals surface area contributed by atoms with E-state index in [-0.39, 0.29) is 11.4 Å². The average Bonchev–Trinajstić information content (AvgIpc) is 2.59. The van der Waals surface area contributed by atoms with Crippen molar-refractivity contribution in [1.82, 2.24) is 5.32 Å². The summed E-state index contributed by atoms with van der Waals surface area (Å²) in [4.78, 5) is 14.4. The fraction of sp³-hybridized carbons (Fsp3) is 0.381. The highest BCUT2D eigenvalue weighted by atomic mass is 16.2. The molecular formula is C21H29N3O. The molecule has 0 aliphatic heterocycles. The lowest BCUT2D eigenvalue weighted by molar-refractivity contribution is 0.252. The molecule has 0 heterocycles. The highest BCUT2D eigenvalue weighted by Crippen LogP contribution is 2.29. The lowest BCUT2D eigenvalue weighted by atomic mass is 9.86. The third-order valence-corrected chi connectivity index (χ3v) is 4.14. The van der Waals surface area contributed by atoms with Crippen LogP contribution in [0.2, 0.25) is 0 Å². The number of hydrogen-bond donors (Lipinski definition) is 2. The first-order valence-electron chi connectivity index (χ1n) is 8.78. The van der Waals surface area contributed by atoms with Gasteiger partial charge in [0, 0.05) is 31.5 Å². The van der Waals surface area contributed by atoms with Gasteiger partial charge in [-0.3, -0.25) is 0 Å². The van der Waals surface area contributed by atoms with Gasteiger partial charge in [-0.1, -0.05) is 57.2 Å². The minimum atomic E-state index is -0.154. The van der Waals surface area contributed by atoms with Gasteiger partial charge in [0.2, 0.25) is 0 Å². The number of carbonyl (C=O) groups excluding carboxylic acids is 1. The van der Waals surface area contributed by atoms with Crippen LogP contribution in [0.5, 0.6) is 0 Å². The Balaban J connectivity index is 1.78. The van der Waals surface area contributed by atoms with Gasteiger partial charge < -0.3 is 15.5 Å². The molecule has 0 spiro atoms. The Morgan fingerprint density at radius 3 is 2.32 bits per heavy atom. The lowest BCUT2D eigenvalue weighted by Gasteiger charge is -2.23. The Hall–Kier alpha value is -2.49. The zero-order chi connectivity index (χ0) is 18.3. The number of benzene rings is 2. The Morgan fingerprint density at radius 1 is 1.00 bits per heavy atom. The Kier molecular flexibility index (Phi) is 6.45. The van der Waals surface area contributed by atoms with Gasteiger partial charge in [0.15, 0.2) is 0 Å². The van der Waals surface area contributed by atoms with Crippen LogP contribution in [0.4, 0.5) is 16.2 Å². The van der Waals surface area contributed by atoms with E-state index in [1.54, 1.807) is 0 Å². The van der Waals surface area contributed by atoms with Crippen molar-refractivity contribution in [3.8, 4) is 0 Å². The normalized spacial score (nSPS) is 11.0. The van der Waals surface area contributed by atoms with E-state index >= 15 is 0 Å². The van der Waals surface area contributed by atoms with Crippen LogP contribution in [0.25, 0.3) is 0 Å². The fourth-order valence-corrected chi connectivity index (χ4v) is 2.74. The van der Waals surface area contributed by atoms with Crippen LogP contribution in [-0.4, -0.2) is 26.2 Å².